The third kappa shape index (κ3) is 2.64. The van der Waals surface area contributed by atoms with Gasteiger partial charge in [0.25, 0.3) is 0 Å². The van der Waals surface area contributed by atoms with Gasteiger partial charge in [0.2, 0.25) is 0 Å². The van der Waals surface area contributed by atoms with Gasteiger partial charge in [-0.25, -0.2) is 0 Å². The maximum Gasteiger partial charge on any atom is 0.136 e. The molecule has 1 N–H and O–H groups in total. The van der Waals surface area contributed by atoms with Crippen LogP contribution in [0.2, 0.25) is 0 Å². The second-order valence-electron chi connectivity index (χ2n) is 13.5. The molecule has 4 unspecified atom stereocenters. The maximum atomic E-state index is 12.6. The smallest absolute Gasteiger partial charge is 0.136 e. The Morgan fingerprint density at radius 1 is 0.968 bits per heavy atom. The van der Waals surface area contributed by atoms with Crippen molar-refractivity contribution in [1.29, 1.82) is 0 Å². The lowest BCUT2D eigenvalue weighted by atomic mass is 9.33. The predicted molar refractivity (Wildman–Crippen MR) is 126 cm³/mol. The Balaban J connectivity index is 1.55. The molecule has 5 saturated carbocycles. The number of rotatable bonds is 2. The molecule has 0 aliphatic heterocycles. The molecule has 0 aromatic heterocycles. The van der Waals surface area contributed by atoms with Crippen LogP contribution in [0.15, 0.2) is 12.2 Å². The zero-order chi connectivity index (χ0) is 22.4. The van der Waals surface area contributed by atoms with Crippen LogP contribution in [0.4, 0.5) is 0 Å². The Kier molecular flexibility index (Phi) is 4.96. The van der Waals surface area contributed by atoms with Crippen molar-refractivity contribution < 1.29 is 9.90 Å². The zero-order valence-electron chi connectivity index (χ0n) is 20.8. The SMILES string of the molecule is C=C(C)[C@@H]1CC[C@]2(CO)CC[C@]3(C)C(CCC4[C@@]5(C)CCC(=O)[C@H](C)C5CC[C@]43C)C12. The van der Waals surface area contributed by atoms with E-state index in [1.54, 1.807) is 0 Å². The van der Waals surface area contributed by atoms with E-state index in [4.69, 9.17) is 0 Å². The third-order valence-corrected chi connectivity index (χ3v) is 12.9. The van der Waals surface area contributed by atoms with E-state index in [1.165, 1.54) is 56.9 Å². The molecule has 31 heavy (non-hydrogen) atoms. The molecule has 0 saturated heterocycles. The lowest BCUT2D eigenvalue weighted by molar-refractivity contribution is -0.229. The summed E-state index contributed by atoms with van der Waals surface area (Å²) in [6.07, 6.45) is 12.0. The molecule has 0 aromatic rings. The average Bonchev–Trinajstić information content (AvgIpc) is 3.12. The quantitative estimate of drug-likeness (QED) is 0.492. The topological polar surface area (TPSA) is 37.3 Å². The molecule has 10 atom stereocenters. The number of hydrogen-bond donors (Lipinski definition) is 1. The summed E-state index contributed by atoms with van der Waals surface area (Å²) < 4.78 is 0. The molecule has 2 heteroatoms. The van der Waals surface area contributed by atoms with Gasteiger partial charge in [0.05, 0.1) is 0 Å². The number of ketones is 1. The molecule has 5 fully saturated rings. The molecule has 5 rings (SSSR count). The first-order chi connectivity index (χ1) is 14.5. The molecule has 0 heterocycles. The summed E-state index contributed by atoms with van der Waals surface area (Å²) in [5.41, 5.74) is 2.51. The molecule has 2 nitrogen and oxygen atoms in total. The second kappa shape index (κ2) is 6.94. The first-order valence-electron chi connectivity index (χ1n) is 13.3. The van der Waals surface area contributed by atoms with E-state index in [0.29, 0.717) is 52.3 Å². The molecule has 5 aliphatic carbocycles. The van der Waals surface area contributed by atoms with Crippen LogP contribution in [-0.2, 0) is 4.79 Å². The van der Waals surface area contributed by atoms with Gasteiger partial charge in [0, 0.05) is 18.9 Å². The van der Waals surface area contributed by atoms with Crippen molar-refractivity contribution in [2.75, 3.05) is 6.61 Å². The number of allylic oxidation sites excluding steroid dienone is 1. The molecule has 0 radical (unpaired) electrons. The molecule has 0 bridgehead atoms. The van der Waals surface area contributed by atoms with Crippen LogP contribution in [0.5, 0.6) is 0 Å². The average molecular weight is 427 g/mol. The van der Waals surface area contributed by atoms with Crippen molar-refractivity contribution in [2.45, 2.75) is 98.8 Å². The summed E-state index contributed by atoms with van der Waals surface area (Å²) in [7, 11) is 0. The number of Topliss-reactive ketones (excluding diaryl/α,β-unsaturated/α-hetero) is 1. The van der Waals surface area contributed by atoms with Gasteiger partial charge in [-0.15, -0.1) is 0 Å². The van der Waals surface area contributed by atoms with E-state index in [-0.39, 0.29) is 11.3 Å². The Morgan fingerprint density at radius 2 is 1.71 bits per heavy atom. The standard InChI is InChI=1S/C29H46O2/c1-18(2)20-9-14-29(17-30)16-15-27(5)22(25(20)29)7-8-24-26(4)12-11-23(31)19(3)21(26)10-13-28(24,27)6/h19-22,24-25,30H,1,7-17H2,2-6H3/t19-,20+,21?,22?,24?,25?,26+,27-,28-,29-/m1/s1. The van der Waals surface area contributed by atoms with E-state index in [2.05, 4.69) is 41.2 Å². The van der Waals surface area contributed by atoms with Crippen LogP contribution in [0.3, 0.4) is 0 Å². The fraction of sp³-hybridized carbons (Fsp3) is 0.897. The summed E-state index contributed by atoms with van der Waals surface area (Å²) >= 11 is 0. The van der Waals surface area contributed by atoms with Gasteiger partial charge in [0.15, 0.2) is 0 Å². The van der Waals surface area contributed by atoms with Crippen LogP contribution in [0.1, 0.15) is 98.8 Å². The summed E-state index contributed by atoms with van der Waals surface area (Å²) in [6.45, 7) is 17.1. The van der Waals surface area contributed by atoms with Crippen molar-refractivity contribution in [2.24, 2.45) is 57.2 Å². The predicted octanol–water partition coefficient (Wildman–Crippen LogP) is 6.82. The lowest BCUT2D eigenvalue weighted by Gasteiger charge is -2.71. The number of aliphatic hydroxyl groups excluding tert-OH is 1. The van der Waals surface area contributed by atoms with E-state index in [0.717, 1.165) is 18.8 Å². The number of carbonyl (C=O) groups is 1. The van der Waals surface area contributed by atoms with Gasteiger partial charge < -0.3 is 5.11 Å². The largest absolute Gasteiger partial charge is 0.396 e. The van der Waals surface area contributed by atoms with Crippen molar-refractivity contribution in [3.05, 3.63) is 12.2 Å². The van der Waals surface area contributed by atoms with Crippen LogP contribution >= 0.6 is 0 Å². The number of fused-ring (bicyclic) bond motifs is 7. The van der Waals surface area contributed by atoms with Crippen molar-refractivity contribution in [3.8, 4) is 0 Å². The molecular formula is C29H46O2. The van der Waals surface area contributed by atoms with Gasteiger partial charge >= 0.3 is 0 Å². The Labute approximate surface area is 190 Å². The van der Waals surface area contributed by atoms with Crippen molar-refractivity contribution >= 4 is 5.78 Å². The fourth-order valence-electron chi connectivity index (χ4n) is 11.0. The number of hydrogen-bond acceptors (Lipinski definition) is 2. The minimum Gasteiger partial charge on any atom is -0.396 e. The molecule has 0 amide bonds. The summed E-state index contributed by atoms with van der Waals surface area (Å²) in [6, 6.07) is 0. The van der Waals surface area contributed by atoms with Gasteiger partial charge in [-0.1, -0.05) is 39.8 Å². The first-order valence-corrected chi connectivity index (χ1v) is 13.3. The van der Waals surface area contributed by atoms with Gasteiger partial charge in [-0.05, 0) is 116 Å². The van der Waals surface area contributed by atoms with Gasteiger partial charge in [0.1, 0.15) is 5.78 Å². The van der Waals surface area contributed by atoms with E-state index in [1.807, 2.05) is 0 Å². The number of carbonyl (C=O) groups excluding carboxylic acids is 1. The van der Waals surface area contributed by atoms with Crippen molar-refractivity contribution in [3.63, 3.8) is 0 Å². The minimum absolute atomic E-state index is 0.143. The Bertz CT molecular complexity index is 786. The maximum absolute atomic E-state index is 12.6. The molecule has 5 aliphatic rings. The van der Waals surface area contributed by atoms with Gasteiger partial charge in [-0.2, -0.15) is 0 Å². The molecule has 0 spiro atoms. The van der Waals surface area contributed by atoms with Crippen LogP contribution in [0.25, 0.3) is 0 Å². The minimum atomic E-state index is 0.143. The third-order valence-electron chi connectivity index (χ3n) is 12.9. The highest BCUT2D eigenvalue weighted by Crippen LogP contribution is 2.76. The van der Waals surface area contributed by atoms with E-state index < -0.39 is 0 Å². The normalized spacial score (nSPS) is 56.3. The van der Waals surface area contributed by atoms with Crippen LogP contribution in [0, 0.1) is 57.2 Å². The summed E-state index contributed by atoms with van der Waals surface area (Å²) in [5.74, 6) is 4.02. The summed E-state index contributed by atoms with van der Waals surface area (Å²) in [4.78, 5) is 12.6. The fourth-order valence-corrected chi connectivity index (χ4v) is 11.0. The molecule has 174 valence electrons. The first kappa shape index (κ1) is 22.2. The highest BCUT2D eigenvalue weighted by Gasteiger charge is 2.69. The van der Waals surface area contributed by atoms with E-state index >= 15 is 0 Å². The van der Waals surface area contributed by atoms with Gasteiger partial charge in [-0.3, -0.25) is 4.79 Å². The van der Waals surface area contributed by atoms with E-state index in [9.17, 15) is 9.90 Å². The van der Waals surface area contributed by atoms with Crippen molar-refractivity contribution in [1.82, 2.24) is 0 Å². The summed E-state index contributed by atoms with van der Waals surface area (Å²) in [5, 5.41) is 10.6. The lowest BCUT2D eigenvalue weighted by Crippen LogP contribution is -2.65. The Hall–Kier alpha value is -0.630. The molecular weight excluding hydrogens is 380 g/mol. The Morgan fingerprint density at radius 3 is 2.39 bits per heavy atom. The highest BCUT2D eigenvalue weighted by atomic mass is 16.3. The van der Waals surface area contributed by atoms with Crippen LogP contribution < -0.4 is 0 Å². The number of aliphatic hydroxyl groups is 1. The monoisotopic (exact) mass is 426 g/mol. The zero-order valence-corrected chi connectivity index (χ0v) is 20.8. The molecule has 0 aromatic carbocycles. The second-order valence-corrected chi connectivity index (χ2v) is 13.5. The van der Waals surface area contributed by atoms with Crippen LogP contribution in [-0.4, -0.2) is 17.5 Å². The highest BCUT2D eigenvalue weighted by molar-refractivity contribution is 5.82.